The first-order chi connectivity index (χ1) is 13.8. The third kappa shape index (κ3) is 3.35. The van der Waals surface area contributed by atoms with E-state index in [1.54, 1.807) is 0 Å². The van der Waals surface area contributed by atoms with E-state index in [0.717, 1.165) is 30.4 Å². The molecule has 2 saturated heterocycles. The average molecular weight is 374 g/mol. The number of piperidine rings is 1. The predicted molar refractivity (Wildman–Crippen MR) is 112 cm³/mol. The van der Waals surface area contributed by atoms with Gasteiger partial charge >= 0.3 is 0 Å². The highest BCUT2D eigenvalue weighted by Gasteiger charge is 2.37. The number of anilines is 1. The van der Waals surface area contributed by atoms with Crippen molar-refractivity contribution in [3.05, 3.63) is 65.9 Å². The summed E-state index contributed by atoms with van der Waals surface area (Å²) in [7, 11) is 0. The summed E-state index contributed by atoms with van der Waals surface area (Å²) < 4.78 is 0. The summed E-state index contributed by atoms with van der Waals surface area (Å²) in [5, 5.41) is 8.06. The fourth-order valence-electron chi connectivity index (χ4n) is 4.48. The van der Waals surface area contributed by atoms with Crippen molar-refractivity contribution >= 4 is 16.9 Å². The van der Waals surface area contributed by atoms with Crippen LogP contribution >= 0.6 is 0 Å². The van der Waals surface area contributed by atoms with Gasteiger partial charge in [-0.05, 0) is 49.1 Å². The number of hydrazine groups is 1. The minimum Gasteiger partial charge on any atom is -0.348 e. The smallest absolute Gasteiger partial charge is 0.223 e. The second kappa shape index (κ2) is 7.47. The van der Waals surface area contributed by atoms with E-state index in [4.69, 9.17) is 4.98 Å². The van der Waals surface area contributed by atoms with Gasteiger partial charge in [-0.2, -0.15) is 0 Å². The van der Waals surface area contributed by atoms with Gasteiger partial charge in [-0.1, -0.05) is 36.4 Å². The zero-order valence-electron chi connectivity index (χ0n) is 16.0. The molecular weight excluding hydrogens is 348 g/mol. The fourth-order valence-corrected chi connectivity index (χ4v) is 4.48. The number of nitrogens with one attached hydrogen (secondary N) is 4. The van der Waals surface area contributed by atoms with Crippen LogP contribution in [-0.2, 0) is 0 Å². The molecule has 4 atom stereocenters. The first-order valence-corrected chi connectivity index (χ1v) is 10.1. The lowest BCUT2D eigenvalue weighted by atomic mass is 9.80. The van der Waals surface area contributed by atoms with Crippen molar-refractivity contribution in [2.24, 2.45) is 5.92 Å². The van der Waals surface area contributed by atoms with Gasteiger partial charge in [0.1, 0.15) is 0 Å². The molecule has 0 amide bonds. The molecule has 0 spiro atoms. The Morgan fingerprint density at radius 2 is 2.04 bits per heavy atom. The van der Waals surface area contributed by atoms with E-state index in [1.165, 1.54) is 11.1 Å². The molecule has 2 aromatic carbocycles. The topological polar surface area (TPSA) is 73.9 Å². The zero-order valence-corrected chi connectivity index (χ0v) is 16.0. The molecule has 5 rings (SSSR count). The fraction of sp³-hybridized carbons (Fsp3) is 0.364. The Morgan fingerprint density at radius 3 is 2.93 bits per heavy atom. The summed E-state index contributed by atoms with van der Waals surface area (Å²) in [5.74, 6) is 1.79. The van der Waals surface area contributed by atoms with Crippen LogP contribution in [0.3, 0.4) is 0 Å². The van der Waals surface area contributed by atoms with Crippen molar-refractivity contribution in [3.8, 4) is 0 Å². The summed E-state index contributed by atoms with van der Waals surface area (Å²) in [6.45, 7) is 4.16. The van der Waals surface area contributed by atoms with Gasteiger partial charge in [-0.25, -0.2) is 15.4 Å². The van der Waals surface area contributed by atoms with Gasteiger partial charge in [-0.3, -0.25) is 5.43 Å². The van der Waals surface area contributed by atoms with Gasteiger partial charge in [0.25, 0.3) is 0 Å². The van der Waals surface area contributed by atoms with Crippen LogP contribution in [0, 0.1) is 5.92 Å². The summed E-state index contributed by atoms with van der Waals surface area (Å²) in [6.07, 6.45) is 3.46. The molecule has 0 aliphatic carbocycles. The third-order valence-corrected chi connectivity index (χ3v) is 6.04. The molecule has 3 aromatic rings. The third-order valence-electron chi connectivity index (χ3n) is 6.04. The molecule has 2 aliphatic rings. The van der Waals surface area contributed by atoms with Gasteiger partial charge in [0.2, 0.25) is 5.95 Å². The minimum atomic E-state index is 0.159. The normalized spacial score (nSPS) is 25.4. The largest absolute Gasteiger partial charge is 0.348 e. The molecule has 3 heterocycles. The lowest BCUT2D eigenvalue weighted by Gasteiger charge is -2.34. The number of benzene rings is 2. The second-order valence-electron chi connectivity index (χ2n) is 7.80. The van der Waals surface area contributed by atoms with Gasteiger partial charge in [0, 0.05) is 24.0 Å². The van der Waals surface area contributed by atoms with Crippen LogP contribution in [0.4, 0.5) is 5.95 Å². The quantitative estimate of drug-likeness (QED) is 0.563. The van der Waals surface area contributed by atoms with Crippen LogP contribution < -0.4 is 21.5 Å². The number of aromatic nitrogens is 2. The van der Waals surface area contributed by atoms with Gasteiger partial charge in [0.05, 0.1) is 17.7 Å². The average Bonchev–Trinajstić information content (AvgIpc) is 3.23. The van der Waals surface area contributed by atoms with Gasteiger partial charge < -0.3 is 10.6 Å². The zero-order chi connectivity index (χ0) is 18.9. The Bertz CT molecular complexity index is 960. The summed E-state index contributed by atoms with van der Waals surface area (Å²) >= 11 is 0. The van der Waals surface area contributed by atoms with E-state index in [9.17, 15) is 0 Å². The van der Waals surface area contributed by atoms with Crippen molar-refractivity contribution in [2.75, 3.05) is 18.4 Å². The van der Waals surface area contributed by atoms with Crippen LogP contribution in [0.1, 0.15) is 36.4 Å². The molecule has 28 heavy (non-hydrogen) atoms. The molecule has 2 fully saturated rings. The number of hydrogen-bond donors (Lipinski definition) is 4. The van der Waals surface area contributed by atoms with Crippen molar-refractivity contribution in [1.29, 1.82) is 0 Å². The summed E-state index contributed by atoms with van der Waals surface area (Å²) in [5.41, 5.74) is 10.2. The first-order valence-electron chi connectivity index (χ1n) is 10.1. The molecule has 1 aromatic heterocycles. The molecular formula is C22H26N6. The lowest BCUT2D eigenvalue weighted by Crippen LogP contribution is -2.49. The van der Waals surface area contributed by atoms with E-state index >= 15 is 0 Å². The van der Waals surface area contributed by atoms with Crippen LogP contribution in [0.5, 0.6) is 0 Å². The van der Waals surface area contributed by atoms with Crippen molar-refractivity contribution in [3.63, 3.8) is 0 Å². The Labute approximate surface area is 165 Å². The Kier molecular flexibility index (Phi) is 4.68. The molecule has 2 aliphatic heterocycles. The molecule has 6 nitrogen and oxygen atoms in total. The number of fused-ring (bicyclic) bond motifs is 2. The van der Waals surface area contributed by atoms with Gasteiger partial charge in [-0.15, -0.1) is 0 Å². The number of rotatable bonds is 4. The van der Waals surface area contributed by atoms with Crippen LogP contribution in [0.25, 0.3) is 10.9 Å². The van der Waals surface area contributed by atoms with E-state index in [0.29, 0.717) is 23.9 Å². The van der Waals surface area contributed by atoms with Crippen molar-refractivity contribution in [2.45, 2.75) is 31.5 Å². The summed E-state index contributed by atoms with van der Waals surface area (Å²) in [6, 6.07) is 17.2. The maximum atomic E-state index is 4.73. The highest BCUT2D eigenvalue weighted by atomic mass is 15.5. The standard InChI is InChI=1S/C22H26N6/c1-14(15-5-3-2-4-6-15)26-22-24-12-17-11-16(7-8-20(17)27-22)18-9-10-23-21-19(18)13-25-28-21/h2-8,11-12,14,18-19,21,23,25,28H,9-10,13H2,1H3,(H,24,26,27)/t14-,18?,19?,21?/m1/s1. The van der Waals surface area contributed by atoms with Gasteiger partial charge in [0.15, 0.2) is 0 Å². The predicted octanol–water partition coefficient (Wildman–Crippen LogP) is 2.93. The molecule has 6 heteroatoms. The van der Waals surface area contributed by atoms with Crippen LogP contribution in [0.15, 0.2) is 54.7 Å². The maximum Gasteiger partial charge on any atom is 0.223 e. The highest BCUT2D eigenvalue weighted by molar-refractivity contribution is 5.79. The number of hydrogen-bond acceptors (Lipinski definition) is 6. The van der Waals surface area contributed by atoms with E-state index in [-0.39, 0.29) is 6.04 Å². The SMILES string of the molecule is C[C@@H](Nc1ncc2cc(C3CCNC4NNCC43)ccc2n1)c1ccccc1. The van der Waals surface area contributed by atoms with Crippen molar-refractivity contribution < 1.29 is 0 Å². The molecule has 0 saturated carbocycles. The second-order valence-corrected chi connectivity index (χ2v) is 7.80. The number of nitrogens with zero attached hydrogens (tertiary/aromatic N) is 2. The highest BCUT2D eigenvalue weighted by Crippen LogP contribution is 2.35. The van der Waals surface area contributed by atoms with Crippen LogP contribution in [-0.4, -0.2) is 29.2 Å². The van der Waals surface area contributed by atoms with E-state index in [1.807, 2.05) is 12.3 Å². The maximum absolute atomic E-state index is 4.73. The summed E-state index contributed by atoms with van der Waals surface area (Å²) in [4.78, 5) is 9.30. The molecule has 0 radical (unpaired) electrons. The van der Waals surface area contributed by atoms with E-state index < -0.39 is 0 Å². The first kappa shape index (κ1) is 17.6. The van der Waals surface area contributed by atoms with E-state index in [2.05, 4.69) is 75.9 Å². The lowest BCUT2D eigenvalue weighted by molar-refractivity contribution is 0.270. The monoisotopic (exact) mass is 374 g/mol. The minimum absolute atomic E-state index is 0.159. The molecule has 4 N–H and O–H groups in total. The Balaban J connectivity index is 1.37. The Hall–Kier alpha value is -2.54. The molecule has 0 bridgehead atoms. The molecule has 144 valence electrons. The van der Waals surface area contributed by atoms with Crippen molar-refractivity contribution in [1.82, 2.24) is 26.1 Å². The van der Waals surface area contributed by atoms with Crippen LogP contribution in [0.2, 0.25) is 0 Å². The Morgan fingerprint density at radius 1 is 1.14 bits per heavy atom. The molecule has 3 unspecified atom stereocenters.